The van der Waals surface area contributed by atoms with E-state index in [2.05, 4.69) is 15.3 Å². The molecular formula is C13H16N4O3. The Morgan fingerprint density at radius 2 is 2.35 bits per heavy atom. The Labute approximate surface area is 116 Å². The third-order valence-corrected chi connectivity index (χ3v) is 3.34. The number of benzene rings is 1. The van der Waals surface area contributed by atoms with Gasteiger partial charge in [-0.1, -0.05) is 29.4 Å². The smallest absolute Gasteiger partial charge is 0.331 e. The first kappa shape index (κ1) is 14.3. The van der Waals surface area contributed by atoms with Gasteiger partial charge in [0.1, 0.15) is 0 Å². The first-order valence-electron chi connectivity index (χ1n) is 6.36. The number of rotatable bonds is 6. The lowest BCUT2D eigenvalue weighted by Crippen LogP contribution is -2.55. The monoisotopic (exact) mass is 276 g/mol. The van der Waals surface area contributed by atoms with Crippen molar-refractivity contribution < 1.29 is 14.6 Å². The number of hydrogen-bond acceptors (Lipinski definition) is 4. The van der Waals surface area contributed by atoms with Gasteiger partial charge in [0.05, 0.1) is 13.2 Å². The molecule has 1 aliphatic rings. The molecule has 1 atom stereocenters. The van der Waals surface area contributed by atoms with E-state index in [1.54, 1.807) is 0 Å². The summed E-state index contributed by atoms with van der Waals surface area (Å²) in [5, 5.41) is 16.1. The van der Waals surface area contributed by atoms with Crippen molar-refractivity contribution in [3.8, 4) is 0 Å². The molecule has 0 aliphatic carbocycles. The number of azide groups is 1. The second-order valence-corrected chi connectivity index (χ2v) is 4.60. The lowest BCUT2D eigenvalue weighted by molar-refractivity contribution is -0.150. The maximum atomic E-state index is 11.7. The summed E-state index contributed by atoms with van der Waals surface area (Å²) >= 11 is 0. The number of carbonyl (C=O) groups is 1. The highest BCUT2D eigenvalue weighted by Gasteiger charge is 2.43. The van der Waals surface area contributed by atoms with Crippen molar-refractivity contribution in [2.45, 2.75) is 18.6 Å². The van der Waals surface area contributed by atoms with E-state index in [9.17, 15) is 9.90 Å². The summed E-state index contributed by atoms with van der Waals surface area (Å²) in [6.07, 6.45) is 0.571. The predicted octanol–water partition coefficient (Wildman–Crippen LogP) is 1.79. The van der Waals surface area contributed by atoms with Crippen LogP contribution in [0.3, 0.4) is 0 Å². The van der Waals surface area contributed by atoms with Crippen LogP contribution in [0.25, 0.3) is 10.4 Å². The molecule has 0 fully saturated rings. The van der Waals surface area contributed by atoms with E-state index in [-0.39, 0.29) is 6.61 Å². The number of fused-ring (bicyclic) bond motifs is 1. The molecule has 0 spiro atoms. The van der Waals surface area contributed by atoms with Gasteiger partial charge in [-0.15, -0.1) is 0 Å². The Bertz CT molecular complexity index is 542. The second-order valence-electron chi connectivity index (χ2n) is 4.60. The highest BCUT2D eigenvalue weighted by molar-refractivity contribution is 5.82. The van der Waals surface area contributed by atoms with Crippen LogP contribution >= 0.6 is 0 Å². The number of hydrogen-bond donors (Lipinski definition) is 2. The Kier molecular flexibility index (Phi) is 4.57. The molecule has 20 heavy (non-hydrogen) atoms. The fourth-order valence-corrected chi connectivity index (χ4v) is 2.35. The fraction of sp³-hybridized carbons (Fsp3) is 0.462. The summed E-state index contributed by atoms with van der Waals surface area (Å²) in [6.45, 7) is 1.27. The number of carboxylic acid groups (broad SMARTS) is 1. The van der Waals surface area contributed by atoms with Gasteiger partial charge >= 0.3 is 5.97 Å². The number of nitrogens with zero attached hydrogens (tertiary/aromatic N) is 3. The molecule has 2 rings (SSSR count). The van der Waals surface area contributed by atoms with Crippen molar-refractivity contribution in [2.24, 2.45) is 5.11 Å². The van der Waals surface area contributed by atoms with E-state index in [0.29, 0.717) is 26.1 Å². The van der Waals surface area contributed by atoms with Gasteiger partial charge in [-0.25, -0.2) is 4.79 Å². The zero-order valence-electron chi connectivity index (χ0n) is 11.0. The molecule has 1 aromatic carbocycles. The Hall–Kier alpha value is -2.08. The molecule has 0 bridgehead atoms. The first-order valence-corrected chi connectivity index (χ1v) is 6.36. The summed E-state index contributed by atoms with van der Waals surface area (Å²) in [7, 11) is 0. The SMILES string of the molecule is [N-]=[N+]=NCCCNC1(C(=O)O)COCc2ccccc21. The van der Waals surface area contributed by atoms with Crippen molar-refractivity contribution in [3.63, 3.8) is 0 Å². The number of aliphatic carboxylic acids is 1. The highest BCUT2D eigenvalue weighted by atomic mass is 16.5. The van der Waals surface area contributed by atoms with Gasteiger partial charge in [-0.2, -0.15) is 0 Å². The van der Waals surface area contributed by atoms with Crippen LogP contribution in [0.1, 0.15) is 17.5 Å². The van der Waals surface area contributed by atoms with Crippen LogP contribution in [-0.4, -0.2) is 30.8 Å². The van der Waals surface area contributed by atoms with Crippen molar-refractivity contribution in [3.05, 3.63) is 45.8 Å². The molecule has 0 radical (unpaired) electrons. The van der Waals surface area contributed by atoms with Crippen LogP contribution in [0, 0.1) is 0 Å². The molecule has 1 heterocycles. The molecule has 0 saturated carbocycles. The minimum atomic E-state index is -1.23. The lowest BCUT2D eigenvalue weighted by Gasteiger charge is -2.36. The maximum absolute atomic E-state index is 11.7. The first-order chi connectivity index (χ1) is 9.70. The molecule has 0 saturated heterocycles. The maximum Gasteiger partial charge on any atom is 0.331 e. The summed E-state index contributed by atoms with van der Waals surface area (Å²) in [4.78, 5) is 14.4. The normalized spacial score (nSPS) is 20.8. The average molecular weight is 276 g/mol. The van der Waals surface area contributed by atoms with Crippen LogP contribution in [0.2, 0.25) is 0 Å². The molecule has 1 aromatic rings. The van der Waals surface area contributed by atoms with Crippen LogP contribution in [0.15, 0.2) is 29.4 Å². The Balaban J connectivity index is 2.18. The van der Waals surface area contributed by atoms with Gasteiger partial charge in [0.15, 0.2) is 5.54 Å². The molecule has 0 amide bonds. The van der Waals surface area contributed by atoms with Crippen LogP contribution in [0.4, 0.5) is 0 Å². The highest BCUT2D eigenvalue weighted by Crippen LogP contribution is 2.30. The van der Waals surface area contributed by atoms with E-state index in [1.165, 1.54) is 0 Å². The van der Waals surface area contributed by atoms with Crippen molar-refractivity contribution in [2.75, 3.05) is 19.7 Å². The van der Waals surface area contributed by atoms with Gasteiger partial charge < -0.3 is 9.84 Å². The van der Waals surface area contributed by atoms with Gasteiger partial charge in [-0.3, -0.25) is 5.32 Å². The second kappa shape index (κ2) is 6.38. The number of ether oxygens (including phenoxy) is 1. The number of carboxylic acids is 1. The molecule has 2 N–H and O–H groups in total. The summed E-state index contributed by atoms with van der Waals surface area (Å²) in [6, 6.07) is 7.37. The molecule has 0 aromatic heterocycles. The molecule has 106 valence electrons. The lowest BCUT2D eigenvalue weighted by atomic mass is 9.85. The van der Waals surface area contributed by atoms with Gasteiger partial charge in [0, 0.05) is 11.5 Å². The molecule has 1 unspecified atom stereocenters. The van der Waals surface area contributed by atoms with Crippen molar-refractivity contribution in [1.29, 1.82) is 0 Å². The van der Waals surface area contributed by atoms with Crippen molar-refractivity contribution in [1.82, 2.24) is 5.32 Å². The van der Waals surface area contributed by atoms with E-state index in [0.717, 1.165) is 11.1 Å². The summed E-state index contributed by atoms with van der Waals surface area (Å²) in [5.74, 6) is -0.964. The van der Waals surface area contributed by atoms with E-state index < -0.39 is 11.5 Å². The number of nitrogens with one attached hydrogen (secondary N) is 1. The minimum Gasteiger partial charge on any atom is -0.480 e. The van der Waals surface area contributed by atoms with Crippen LogP contribution in [0.5, 0.6) is 0 Å². The van der Waals surface area contributed by atoms with E-state index in [4.69, 9.17) is 10.3 Å². The van der Waals surface area contributed by atoms with E-state index >= 15 is 0 Å². The Morgan fingerprint density at radius 1 is 1.55 bits per heavy atom. The zero-order chi connectivity index (χ0) is 14.4. The van der Waals surface area contributed by atoms with Gasteiger partial charge in [0.25, 0.3) is 0 Å². The van der Waals surface area contributed by atoms with Crippen molar-refractivity contribution >= 4 is 5.97 Å². The topological polar surface area (TPSA) is 107 Å². The summed E-state index contributed by atoms with van der Waals surface area (Å²) in [5.41, 5.74) is 8.59. The van der Waals surface area contributed by atoms with E-state index in [1.807, 2.05) is 24.3 Å². The fourth-order valence-electron chi connectivity index (χ4n) is 2.35. The zero-order valence-corrected chi connectivity index (χ0v) is 11.0. The third kappa shape index (κ3) is 2.75. The molecule has 1 aliphatic heterocycles. The molecule has 7 heteroatoms. The Morgan fingerprint density at radius 3 is 3.10 bits per heavy atom. The van der Waals surface area contributed by atoms with Gasteiger partial charge in [0.2, 0.25) is 0 Å². The van der Waals surface area contributed by atoms with Gasteiger partial charge in [-0.05, 0) is 29.6 Å². The minimum absolute atomic E-state index is 0.0842. The predicted molar refractivity (Wildman–Crippen MR) is 72.0 cm³/mol. The summed E-state index contributed by atoms with van der Waals surface area (Å²) < 4.78 is 5.43. The largest absolute Gasteiger partial charge is 0.480 e. The third-order valence-electron chi connectivity index (χ3n) is 3.34. The molecular weight excluding hydrogens is 260 g/mol. The average Bonchev–Trinajstić information content (AvgIpc) is 2.47. The molecule has 7 nitrogen and oxygen atoms in total. The quantitative estimate of drug-likeness (QED) is 0.357. The van der Waals surface area contributed by atoms with Crippen LogP contribution < -0.4 is 5.32 Å². The van der Waals surface area contributed by atoms with Crippen LogP contribution in [-0.2, 0) is 21.7 Å². The standard InChI is InChI=1S/C13H16N4O3/c14-17-16-7-3-6-15-13(12(18)19)9-20-8-10-4-1-2-5-11(10)13/h1-2,4-5,15H,3,6-9H2,(H,18,19).